The minimum Gasteiger partial charge on any atom is -0.317 e. The van der Waals surface area contributed by atoms with Crippen LogP contribution in [0.1, 0.15) is 31.2 Å². The molecule has 0 saturated heterocycles. The maximum atomic E-state index is 13.0. The van der Waals surface area contributed by atoms with Crippen LogP contribution in [-0.4, -0.2) is 19.6 Å². The highest BCUT2D eigenvalue weighted by molar-refractivity contribution is 5.17. The van der Waals surface area contributed by atoms with Crippen molar-refractivity contribution in [1.82, 2.24) is 10.6 Å². The molecule has 19 heavy (non-hydrogen) atoms. The van der Waals surface area contributed by atoms with Crippen LogP contribution < -0.4 is 10.6 Å². The SMILES string of the molecule is CNC1CCC(CNCc2ccc(F)c(F)c2)CC1. The number of hydrogen-bond acceptors (Lipinski definition) is 2. The van der Waals surface area contributed by atoms with Crippen molar-refractivity contribution in [3.8, 4) is 0 Å². The standard InChI is InChI=1S/C15H22F2N2/c1-18-13-5-2-11(3-6-13)9-19-10-12-4-7-14(16)15(17)8-12/h4,7-8,11,13,18-19H,2-3,5-6,9-10H2,1H3. The van der Waals surface area contributed by atoms with E-state index < -0.39 is 11.6 Å². The summed E-state index contributed by atoms with van der Waals surface area (Å²) in [5, 5.41) is 6.66. The molecule has 1 aliphatic rings. The molecule has 1 aliphatic carbocycles. The first-order valence-corrected chi connectivity index (χ1v) is 7.01. The maximum absolute atomic E-state index is 13.0. The molecule has 2 N–H and O–H groups in total. The highest BCUT2D eigenvalue weighted by Crippen LogP contribution is 2.23. The number of halogens is 2. The lowest BCUT2D eigenvalue weighted by atomic mass is 9.86. The molecule has 1 aromatic rings. The summed E-state index contributed by atoms with van der Waals surface area (Å²) in [6, 6.07) is 4.75. The van der Waals surface area contributed by atoms with E-state index in [1.165, 1.54) is 37.8 Å². The summed E-state index contributed by atoms with van der Waals surface area (Å²) in [5.41, 5.74) is 0.794. The third-order valence-electron chi connectivity index (χ3n) is 4.00. The summed E-state index contributed by atoms with van der Waals surface area (Å²) >= 11 is 0. The smallest absolute Gasteiger partial charge is 0.159 e. The highest BCUT2D eigenvalue weighted by atomic mass is 19.2. The van der Waals surface area contributed by atoms with Gasteiger partial charge in [0.1, 0.15) is 0 Å². The average molecular weight is 268 g/mol. The fraction of sp³-hybridized carbons (Fsp3) is 0.600. The minimum atomic E-state index is -0.783. The van der Waals surface area contributed by atoms with E-state index in [0.29, 0.717) is 18.5 Å². The van der Waals surface area contributed by atoms with Gasteiger partial charge in [-0.3, -0.25) is 0 Å². The molecule has 0 bridgehead atoms. The van der Waals surface area contributed by atoms with Crippen molar-refractivity contribution in [3.63, 3.8) is 0 Å². The Morgan fingerprint density at radius 2 is 1.84 bits per heavy atom. The first-order valence-electron chi connectivity index (χ1n) is 7.01. The first kappa shape index (κ1) is 14.4. The Morgan fingerprint density at radius 3 is 2.47 bits per heavy atom. The second-order valence-corrected chi connectivity index (χ2v) is 5.39. The second kappa shape index (κ2) is 6.96. The molecular formula is C15H22F2N2. The van der Waals surface area contributed by atoms with E-state index in [-0.39, 0.29) is 0 Å². The molecule has 0 radical (unpaired) electrons. The van der Waals surface area contributed by atoms with Crippen molar-refractivity contribution in [2.75, 3.05) is 13.6 Å². The van der Waals surface area contributed by atoms with E-state index in [0.717, 1.165) is 12.1 Å². The molecule has 106 valence electrons. The third kappa shape index (κ3) is 4.25. The lowest BCUT2D eigenvalue weighted by Gasteiger charge is -2.28. The topological polar surface area (TPSA) is 24.1 Å². The molecule has 0 unspecified atom stereocenters. The zero-order chi connectivity index (χ0) is 13.7. The molecule has 4 heteroatoms. The molecule has 2 rings (SSSR count). The van der Waals surface area contributed by atoms with E-state index in [9.17, 15) is 8.78 Å². The molecule has 0 amide bonds. The van der Waals surface area contributed by atoms with Crippen LogP contribution in [-0.2, 0) is 6.54 Å². The predicted octanol–water partition coefficient (Wildman–Crippen LogP) is 2.83. The molecule has 0 aromatic heterocycles. The monoisotopic (exact) mass is 268 g/mol. The van der Waals surface area contributed by atoms with Crippen molar-refractivity contribution in [3.05, 3.63) is 35.4 Å². The van der Waals surface area contributed by atoms with Gasteiger partial charge in [-0.25, -0.2) is 8.78 Å². The van der Waals surface area contributed by atoms with Gasteiger partial charge in [0, 0.05) is 12.6 Å². The number of hydrogen-bond donors (Lipinski definition) is 2. The van der Waals surface area contributed by atoms with Gasteiger partial charge in [-0.2, -0.15) is 0 Å². The van der Waals surface area contributed by atoms with Gasteiger partial charge in [0.2, 0.25) is 0 Å². The summed E-state index contributed by atoms with van der Waals surface area (Å²) in [7, 11) is 2.02. The molecule has 1 fully saturated rings. The minimum absolute atomic E-state index is 0.600. The fourth-order valence-corrected chi connectivity index (χ4v) is 2.73. The second-order valence-electron chi connectivity index (χ2n) is 5.39. The van der Waals surface area contributed by atoms with Gasteiger partial charge in [-0.15, -0.1) is 0 Å². The quantitative estimate of drug-likeness (QED) is 0.858. The van der Waals surface area contributed by atoms with Crippen molar-refractivity contribution in [1.29, 1.82) is 0 Å². The Morgan fingerprint density at radius 1 is 1.11 bits per heavy atom. The Hall–Kier alpha value is -1.00. The van der Waals surface area contributed by atoms with E-state index in [4.69, 9.17) is 0 Å². The summed E-state index contributed by atoms with van der Waals surface area (Å²) in [6.07, 6.45) is 4.93. The maximum Gasteiger partial charge on any atom is 0.159 e. The van der Waals surface area contributed by atoms with Gasteiger partial charge in [0.25, 0.3) is 0 Å². The molecule has 0 atom stereocenters. The van der Waals surface area contributed by atoms with E-state index in [2.05, 4.69) is 10.6 Å². The molecule has 1 aromatic carbocycles. The normalized spacial score (nSPS) is 23.5. The molecule has 1 saturated carbocycles. The Balaban J connectivity index is 1.70. The largest absolute Gasteiger partial charge is 0.317 e. The van der Waals surface area contributed by atoms with Crippen LogP contribution in [0, 0.1) is 17.6 Å². The van der Waals surface area contributed by atoms with Crippen LogP contribution in [0.3, 0.4) is 0 Å². The Labute approximate surface area is 113 Å². The van der Waals surface area contributed by atoms with E-state index in [1.54, 1.807) is 6.07 Å². The van der Waals surface area contributed by atoms with Gasteiger partial charge in [0.05, 0.1) is 0 Å². The van der Waals surface area contributed by atoms with Gasteiger partial charge in [-0.05, 0) is 62.9 Å². The zero-order valence-corrected chi connectivity index (χ0v) is 11.4. The molecular weight excluding hydrogens is 246 g/mol. The van der Waals surface area contributed by atoms with Crippen molar-refractivity contribution >= 4 is 0 Å². The first-order chi connectivity index (χ1) is 9.19. The Bertz CT molecular complexity index is 401. The molecule has 2 nitrogen and oxygen atoms in total. The van der Waals surface area contributed by atoms with Gasteiger partial charge in [0.15, 0.2) is 11.6 Å². The lowest BCUT2D eigenvalue weighted by Crippen LogP contribution is -2.33. The van der Waals surface area contributed by atoms with Crippen LogP contribution in [0.15, 0.2) is 18.2 Å². The summed E-state index contributed by atoms with van der Waals surface area (Å²) in [5.74, 6) is -0.849. The number of benzene rings is 1. The number of nitrogens with one attached hydrogen (secondary N) is 2. The fourth-order valence-electron chi connectivity index (χ4n) is 2.73. The van der Waals surface area contributed by atoms with E-state index >= 15 is 0 Å². The Kier molecular flexibility index (Phi) is 5.28. The van der Waals surface area contributed by atoms with Crippen LogP contribution in [0.2, 0.25) is 0 Å². The zero-order valence-electron chi connectivity index (χ0n) is 11.4. The van der Waals surface area contributed by atoms with Crippen LogP contribution in [0.5, 0.6) is 0 Å². The summed E-state index contributed by atoms with van der Waals surface area (Å²) in [6.45, 7) is 1.55. The predicted molar refractivity (Wildman–Crippen MR) is 72.9 cm³/mol. The van der Waals surface area contributed by atoms with Crippen molar-refractivity contribution < 1.29 is 8.78 Å². The summed E-state index contributed by atoms with van der Waals surface area (Å²) < 4.78 is 25.8. The average Bonchev–Trinajstić information content (AvgIpc) is 2.43. The van der Waals surface area contributed by atoms with Crippen molar-refractivity contribution in [2.45, 2.75) is 38.3 Å². The van der Waals surface area contributed by atoms with Gasteiger partial charge >= 0.3 is 0 Å². The highest BCUT2D eigenvalue weighted by Gasteiger charge is 2.19. The molecule has 0 spiro atoms. The van der Waals surface area contributed by atoms with Gasteiger partial charge in [-0.1, -0.05) is 6.07 Å². The molecule has 0 heterocycles. The number of rotatable bonds is 5. The lowest BCUT2D eigenvalue weighted by molar-refractivity contribution is 0.292. The molecule has 0 aliphatic heterocycles. The van der Waals surface area contributed by atoms with Crippen LogP contribution in [0.25, 0.3) is 0 Å². The van der Waals surface area contributed by atoms with Crippen LogP contribution in [0.4, 0.5) is 8.78 Å². The van der Waals surface area contributed by atoms with Crippen molar-refractivity contribution in [2.24, 2.45) is 5.92 Å². The van der Waals surface area contributed by atoms with E-state index in [1.807, 2.05) is 7.05 Å². The van der Waals surface area contributed by atoms with Gasteiger partial charge < -0.3 is 10.6 Å². The van der Waals surface area contributed by atoms with Crippen LogP contribution >= 0.6 is 0 Å². The summed E-state index contributed by atoms with van der Waals surface area (Å²) in [4.78, 5) is 0. The third-order valence-corrected chi connectivity index (χ3v) is 4.00.